The number of thiazole rings is 1. The number of carboxylic acid groups (broad SMARTS) is 1. The molecule has 1 amide bonds. The standard InChI is InChI=1S/C26H21F4N3O3S/c1-2-3-21(24(35)36)31-23(34)15-6-4-14(5-7-15)16-8-10-19(18(27)12-16)32-25-33-20-11-9-17(26(28,29)30)13-22(20)37-25/h4-13,21H,2-3H2,1H3,(H,31,34)(H,32,33)(H,35,36)/t21-/m0/s1. The van der Waals surface area contributed by atoms with Gasteiger partial charge < -0.3 is 15.7 Å². The largest absolute Gasteiger partial charge is 0.480 e. The van der Waals surface area contributed by atoms with E-state index in [9.17, 15) is 32.3 Å². The van der Waals surface area contributed by atoms with Gasteiger partial charge in [-0.05, 0) is 60.0 Å². The molecule has 4 aromatic rings. The van der Waals surface area contributed by atoms with Crippen LogP contribution in [0.1, 0.15) is 35.7 Å². The van der Waals surface area contributed by atoms with E-state index in [-0.39, 0.29) is 16.4 Å². The number of aliphatic carboxylic acids is 1. The fourth-order valence-electron chi connectivity index (χ4n) is 3.67. The van der Waals surface area contributed by atoms with E-state index >= 15 is 0 Å². The number of nitrogens with zero attached hydrogens (tertiary/aromatic N) is 1. The Morgan fingerprint density at radius 1 is 1.03 bits per heavy atom. The molecular formula is C26H21F4N3O3S. The van der Waals surface area contributed by atoms with Gasteiger partial charge >= 0.3 is 12.1 Å². The molecule has 6 nitrogen and oxygen atoms in total. The third-order valence-corrected chi connectivity index (χ3v) is 6.52. The molecule has 3 aromatic carbocycles. The topological polar surface area (TPSA) is 91.3 Å². The summed E-state index contributed by atoms with van der Waals surface area (Å²) >= 11 is 0.981. The minimum Gasteiger partial charge on any atom is -0.480 e. The molecule has 11 heteroatoms. The van der Waals surface area contributed by atoms with Crippen molar-refractivity contribution in [3.05, 3.63) is 77.6 Å². The number of rotatable bonds is 8. The highest BCUT2D eigenvalue weighted by molar-refractivity contribution is 7.22. The second-order valence-corrected chi connectivity index (χ2v) is 9.28. The van der Waals surface area contributed by atoms with E-state index in [1.165, 1.54) is 30.3 Å². The SMILES string of the molecule is CCC[C@H](NC(=O)c1ccc(-c2ccc(Nc3nc4ccc(C(F)(F)F)cc4s3)c(F)c2)cc1)C(=O)O. The Balaban J connectivity index is 1.48. The van der Waals surface area contributed by atoms with Crippen LogP contribution in [0.5, 0.6) is 0 Å². The zero-order chi connectivity index (χ0) is 26.7. The summed E-state index contributed by atoms with van der Waals surface area (Å²) in [5.41, 5.74) is 1.12. The van der Waals surface area contributed by atoms with Gasteiger partial charge in [0.1, 0.15) is 11.9 Å². The first-order chi connectivity index (χ1) is 17.5. The number of carbonyl (C=O) groups excluding carboxylic acids is 1. The molecule has 0 radical (unpaired) electrons. The summed E-state index contributed by atoms with van der Waals surface area (Å²) in [4.78, 5) is 27.9. The van der Waals surface area contributed by atoms with Crippen molar-refractivity contribution in [2.45, 2.75) is 32.0 Å². The summed E-state index contributed by atoms with van der Waals surface area (Å²) in [6.07, 6.45) is -3.55. The maximum Gasteiger partial charge on any atom is 0.416 e. The van der Waals surface area contributed by atoms with E-state index in [0.717, 1.165) is 23.5 Å². The Morgan fingerprint density at radius 2 is 1.73 bits per heavy atom. The second-order valence-electron chi connectivity index (χ2n) is 8.25. The highest BCUT2D eigenvalue weighted by Crippen LogP contribution is 2.35. The van der Waals surface area contributed by atoms with Gasteiger partial charge in [0.15, 0.2) is 5.13 Å². The van der Waals surface area contributed by atoms with Gasteiger partial charge in [-0.25, -0.2) is 14.2 Å². The van der Waals surface area contributed by atoms with Crippen LogP contribution >= 0.6 is 11.3 Å². The fourth-order valence-corrected chi connectivity index (χ4v) is 4.58. The van der Waals surface area contributed by atoms with Crippen molar-refractivity contribution in [1.82, 2.24) is 10.3 Å². The van der Waals surface area contributed by atoms with Crippen molar-refractivity contribution in [2.24, 2.45) is 0 Å². The van der Waals surface area contributed by atoms with Crippen molar-refractivity contribution in [3.8, 4) is 11.1 Å². The Kier molecular flexibility index (Phi) is 7.44. The van der Waals surface area contributed by atoms with E-state index < -0.39 is 35.5 Å². The Hall–Kier alpha value is -3.99. The number of anilines is 2. The minimum absolute atomic E-state index is 0.102. The van der Waals surface area contributed by atoms with Gasteiger partial charge in [0.05, 0.1) is 21.5 Å². The van der Waals surface area contributed by atoms with Gasteiger partial charge in [0.25, 0.3) is 5.91 Å². The first-order valence-electron chi connectivity index (χ1n) is 11.2. The number of halogens is 4. The Bertz CT molecular complexity index is 1450. The van der Waals surface area contributed by atoms with Gasteiger partial charge in [0, 0.05) is 5.56 Å². The summed E-state index contributed by atoms with van der Waals surface area (Å²) < 4.78 is 54.0. The van der Waals surface area contributed by atoms with Crippen LogP contribution in [-0.4, -0.2) is 28.0 Å². The number of fused-ring (bicyclic) bond motifs is 1. The van der Waals surface area contributed by atoms with E-state index in [1.807, 2.05) is 6.92 Å². The maximum atomic E-state index is 14.8. The van der Waals surface area contributed by atoms with Gasteiger partial charge in [-0.3, -0.25) is 4.79 Å². The molecule has 0 spiro atoms. The number of hydrogen-bond donors (Lipinski definition) is 3. The quantitative estimate of drug-likeness (QED) is 0.216. The third-order valence-electron chi connectivity index (χ3n) is 5.59. The zero-order valence-electron chi connectivity index (χ0n) is 19.4. The first-order valence-corrected chi connectivity index (χ1v) is 12.0. The lowest BCUT2D eigenvalue weighted by Gasteiger charge is -2.13. The van der Waals surface area contributed by atoms with E-state index in [0.29, 0.717) is 34.2 Å². The lowest BCUT2D eigenvalue weighted by molar-refractivity contribution is -0.139. The van der Waals surface area contributed by atoms with Crippen LogP contribution < -0.4 is 10.6 Å². The third kappa shape index (κ3) is 6.05. The molecule has 1 atom stereocenters. The average molecular weight is 532 g/mol. The predicted octanol–water partition coefficient (Wildman–Crippen LogP) is 6.85. The predicted molar refractivity (Wildman–Crippen MR) is 134 cm³/mol. The molecular weight excluding hydrogens is 510 g/mol. The molecule has 0 fully saturated rings. The lowest BCUT2D eigenvalue weighted by Crippen LogP contribution is -2.40. The highest BCUT2D eigenvalue weighted by Gasteiger charge is 2.30. The Morgan fingerprint density at radius 3 is 2.35 bits per heavy atom. The summed E-state index contributed by atoms with van der Waals surface area (Å²) in [6, 6.07) is 13.0. The van der Waals surface area contributed by atoms with Gasteiger partial charge in [-0.1, -0.05) is 42.9 Å². The number of carboxylic acids is 1. The fraction of sp³-hybridized carbons (Fsp3) is 0.192. The molecule has 0 bridgehead atoms. The molecule has 1 heterocycles. The van der Waals surface area contributed by atoms with E-state index in [2.05, 4.69) is 15.6 Å². The molecule has 0 aliphatic rings. The molecule has 37 heavy (non-hydrogen) atoms. The number of hydrogen-bond acceptors (Lipinski definition) is 5. The average Bonchev–Trinajstić information content (AvgIpc) is 3.26. The van der Waals surface area contributed by atoms with Crippen LogP contribution in [0.4, 0.5) is 28.4 Å². The van der Waals surface area contributed by atoms with Gasteiger partial charge in [-0.2, -0.15) is 13.2 Å². The molecule has 3 N–H and O–H groups in total. The van der Waals surface area contributed by atoms with Crippen LogP contribution in [0.3, 0.4) is 0 Å². The first kappa shape index (κ1) is 26.1. The number of nitrogens with one attached hydrogen (secondary N) is 2. The van der Waals surface area contributed by atoms with Crippen molar-refractivity contribution in [1.29, 1.82) is 0 Å². The molecule has 0 saturated heterocycles. The molecule has 4 rings (SSSR count). The lowest BCUT2D eigenvalue weighted by atomic mass is 10.0. The normalized spacial score (nSPS) is 12.4. The van der Waals surface area contributed by atoms with Gasteiger partial charge in [0.2, 0.25) is 0 Å². The molecule has 0 unspecified atom stereocenters. The minimum atomic E-state index is -4.47. The molecule has 0 saturated carbocycles. The zero-order valence-corrected chi connectivity index (χ0v) is 20.2. The Labute approximate surface area is 213 Å². The highest BCUT2D eigenvalue weighted by atomic mass is 32.1. The summed E-state index contributed by atoms with van der Waals surface area (Å²) in [6.45, 7) is 1.82. The van der Waals surface area contributed by atoms with Crippen LogP contribution in [0.2, 0.25) is 0 Å². The van der Waals surface area contributed by atoms with Crippen LogP contribution in [-0.2, 0) is 11.0 Å². The van der Waals surface area contributed by atoms with Crippen molar-refractivity contribution in [2.75, 3.05) is 5.32 Å². The molecule has 192 valence electrons. The number of alkyl halides is 3. The van der Waals surface area contributed by atoms with E-state index in [1.54, 1.807) is 18.2 Å². The molecule has 0 aliphatic heterocycles. The van der Waals surface area contributed by atoms with Crippen molar-refractivity contribution >= 4 is 44.2 Å². The second kappa shape index (κ2) is 10.6. The number of amides is 1. The van der Waals surface area contributed by atoms with Crippen molar-refractivity contribution < 1.29 is 32.3 Å². The van der Waals surface area contributed by atoms with Crippen LogP contribution in [0, 0.1) is 5.82 Å². The number of benzene rings is 3. The monoisotopic (exact) mass is 531 g/mol. The van der Waals surface area contributed by atoms with Crippen molar-refractivity contribution in [3.63, 3.8) is 0 Å². The molecule has 0 aliphatic carbocycles. The number of carbonyl (C=O) groups is 2. The van der Waals surface area contributed by atoms with Crippen LogP contribution in [0.25, 0.3) is 21.3 Å². The molecule has 1 aromatic heterocycles. The van der Waals surface area contributed by atoms with Gasteiger partial charge in [-0.15, -0.1) is 0 Å². The van der Waals surface area contributed by atoms with E-state index in [4.69, 9.17) is 0 Å². The van der Waals surface area contributed by atoms with Crippen LogP contribution in [0.15, 0.2) is 60.7 Å². The summed E-state index contributed by atoms with van der Waals surface area (Å²) in [7, 11) is 0. The smallest absolute Gasteiger partial charge is 0.416 e. The maximum absolute atomic E-state index is 14.8. The summed E-state index contributed by atoms with van der Waals surface area (Å²) in [5, 5.41) is 14.8. The number of aromatic nitrogens is 1. The summed E-state index contributed by atoms with van der Waals surface area (Å²) in [5.74, 6) is -2.22.